The molecule has 0 spiro atoms. The van der Waals surface area contributed by atoms with E-state index in [2.05, 4.69) is 10.3 Å². The fraction of sp³-hybridized carbons (Fsp3) is 0.0500. The first-order valence-electron chi connectivity index (χ1n) is 8.17. The molecule has 0 saturated carbocycles. The van der Waals surface area contributed by atoms with Gasteiger partial charge in [0.2, 0.25) is 0 Å². The highest BCUT2D eigenvalue weighted by molar-refractivity contribution is 7.99. The molecule has 0 aliphatic rings. The highest BCUT2D eigenvalue weighted by atomic mass is 35.5. The van der Waals surface area contributed by atoms with E-state index in [1.165, 1.54) is 29.2 Å². The SMILES string of the molecule is O=C(COC(=O)C=Cc1nccs1)Nc1ccccc1Sc1ccc(Cl)cc1. The van der Waals surface area contributed by atoms with Crippen LogP contribution in [0.15, 0.2) is 76.0 Å². The molecule has 1 N–H and O–H groups in total. The lowest BCUT2D eigenvalue weighted by atomic mass is 10.3. The zero-order chi connectivity index (χ0) is 19.8. The summed E-state index contributed by atoms with van der Waals surface area (Å²) in [4.78, 5) is 29.7. The lowest BCUT2D eigenvalue weighted by Gasteiger charge is -2.11. The van der Waals surface area contributed by atoms with Crippen molar-refractivity contribution in [2.24, 2.45) is 0 Å². The average molecular weight is 431 g/mol. The van der Waals surface area contributed by atoms with Crippen molar-refractivity contribution < 1.29 is 14.3 Å². The zero-order valence-corrected chi connectivity index (χ0v) is 16.9. The van der Waals surface area contributed by atoms with Crippen molar-refractivity contribution in [2.45, 2.75) is 9.79 Å². The summed E-state index contributed by atoms with van der Waals surface area (Å²) in [6, 6.07) is 14.8. The third-order valence-corrected chi connectivity index (χ3v) is 5.44. The van der Waals surface area contributed by atoms with Crippen molar-refractivity contribution in [3.63, 3.8) is 0 Å². The number of amides is 1. The van der Waals surface area contributed by atoms with Crippen LogP contribution in [0.1, 0.15) is 5.01 Å². The number of carbonyl (C=O) groups excluding carboxylic acids is 2. The van der Waals surface area contributed by atoms with Crippen molar-refractivity contribution in [1.29, 1.82) is 0 Å². The second kappa shape index (κ2) is 10.1. The first-order valence-corrected chi connectivity index (χ1v) is 10.2. The number of esters is 1. The van der Waals surface area contributed by atoms with E-state index in [4.69, 9.17) is 16.3 Å². The molecule has 0 radical (unpaired) electrons. The Morgan fingerprint density at radius 3 is 2.71 bits per heavy atom. The van der Waals surface area contributed by atoms with Gasteiger partial charge in [0, 0.05) is 32.5 Å². The van der Waals surface area contributed by atoms with Crippen LogP contribution in [0, 0.1) is 0 Å². The van der Waals surface area contributed by atoms with Gasteiger partial charge in [-0.2, -0.15) is 0 Å². The Morgan fingerprint density at radius 1 is 1.18 bits per heavy atom. The van der Waals surface area contributed by atoms with E-state index in [1.807, 2.05) is 42.5 Å². The van der Waals surface area contributed by atoms with Crippen LogP contribution < -0.4 is 5.32 Å². The summed E-state index contributed by atoms with van der Waals surface area (Å²) in [6.07, 6.45) is 4.43. The van der Waals surface area contributed by atoms with Gasteiger partial charge in [-0.05, 0) is 42.5 Å². The Hall–Kier alpha value is -2.61. The molecule has 8 heteroatoms. The second-order valence-corrected chi connectivity index (χ2v) is 7.89. The summed E-state index contributed by atoms with van der Waals surface area (Å²) in [5.74, 6) is -1.02. The summed E-state index contributed by atoms with van der Waals surface area (Å²) in [7, 11) is 0. The first-order chi connectivity index (χ1) is 13.6. The van der Waals surface area contributed by atoms with Gasteiger partial charge in [0.25, 0.3) is 5.91 Å². The van der Waals surface area contributed by atoms with Gasteiger partial charge in [-0.3, -0.25) is 4.79 Å². The van der Waals surface area contributed by atoms with Gasteiger partial charge in [-0.25, -0.2) is 9.78 Å². The molecule has 142 valence electrons. The third-order valence-electron chi connectivity index (χ3n) is 3.36. The maximum absolute atomic E-state index is 12.1. The normalized spacial score (nSPS) is 10.8. The molecule has 3 aromatic rings. The molecule has 0 saturated heterocycles. The van der Waals surface area contributed by atoms with Gasteiger partial charge in [0.05, 0.1) is 5.69 Å². The van der Waals surface area contributed by atoms with Crippen LogP contribution in [0.25, 0.3) is 6.08 Å². The van der Waals surface area contributed by atoms with E-state index in [1.54, 1.807) is 23.7 Å². The summed E-state index contributed by atoms with van der Waals surface area (Å²) >= 11 is 8.81. The maximum Gasteiger partial charge on any atom is 0.331 e. The van der Waals surface area contributed by atoms with E-state index in [-0.39, 0.29) is 6.61 Å². The molecule has 3 rings (SSSR count). The second-order valence-electron chi connectivity index (χ2n) is 5.41. The molecule has 28 heavy (non-hydrogen) atoms. The van der Waals surface area contributed by atoms with Crippen molar-refractivity contribution in [1.82, 2.24) is 4.98 Å². The molecular weight excluding hydrogens is 416 g/mol. The molecule has 0 fully saturated rings. The van der Waals surface area contributed by atoms with E-state index >= 15 is 0 Å². The number of hydrogen-bond acceptors (Lipinski definition) is 6. The summed E-state index contributed by atoms with van der Waals surface area (Å²) in [5, 5.41) is 5.93. The minimum atomic E-state index is -0.603. The molecule has 0 aliphatic carbocycles. The molecule has 1 amide bonds. The number of thiazole rings is 1. The Balaban J connectivity index is 1.55. The highest BCUT2D eigenvalue weighted by Gasteiger charge is 2.10. The molecule has 1 heterocycles. The predicted octanol–water partition coefficient (Wildman–Crippen LogP) is 5.14. The monoisotopic (exact) mass is 430 g/mol. The number of carbonyl (C=O) groups is 2. The number of aromatic nitrogens is 1. The molecule has 0 aliphatic heterocycles. The fourth-order valence-corrected chi connectivity index (χ4v) is 3.67. The number of benzene rings is 2. The first kappa shape index (κ1) is 20.1. The smallest absolute Gasteiger partial charge is 0.331 e. The topological polar surface area (TPSA) is 68.3 Å². The summed E-state index contributed by atoms with van der Waals surface area (Å²) in [5.41, 5.74) is 0.641. The van der Waals surface area contributed by atoms with E-state index in [0.29, 0.717) is 15.7 Å². The number of anilines is 1. The Morgan fingerprint density at radius 2 is 1.96 bits per heavy atom. The number of nitrogens with zero attached hydrogens (tertiary/aromatic N) is 1. The zero-order valence-electron chi connectivity index (χ0n) is 14.5. The van der Waals surface area contributed by atoms with Gasteiger partial charge in [-0.15, -0.1) is 11.3 Å². The fourth-order valence-electron chi connectivity index (χ4n) is 2.12. The molecule has 0 unspecified atom stereocenters. The number of nitrogens with one attached hydrogen (secondary N) is 1. The number of hydrogen-bond donors (Lipinski definition) is 1. The predicted molar refractivity (Wildman–Crippen MR) is 113 cm³/mol. The highest BCUT2D eigenvalue weighted by Crippen LogP contribution is 2.33. The minimum absolute atomic E-state index is 0.374. The van der Waals surface area contributed by atoms with Gasteiger partial charge in [0.15, 0.2) is 6.61 Å². The van der Waals surface area contributed by atoms with Crippen molar-refractivity contribution >= 4 is 58.3 Å². The number of para-hydroxylation sites is 1. The standard InChI is InChI=1S/C20H15ClN2O3S2/c21-14-5-7-15(8-6-14)28-17-4-2-1-3-16(17)23-18(24)13-26-20(25)10-9-19-22-11-12-27-19/h1-12H,13H2,(H,23,24). The maximum atomic E-state index is 12.1. The lowest BCUT2D eigenvalue weighted by Crippen LogP contribution is -2.20. The van der Waals surface area contributed by atoms with Gasteiger partial charge in [0.1, 0.15) is 5.01 Å². The summed E-state index contributed by atoms with van der Waals surface area (Å²) in [6.45, 7) is -0.374. The van der Waals surface area contributed by atoms with Crippen LogP contribution in [-0.4, -0.2) is 23.5 Å². The minimum Gasteiger partial charge on any atom is -0.452 e. The van der Waals surface area contributed by atoms with Crippen LogP contribution in [0.4, 0.5) is 5.69 Å². The van der Waals surface area contributed by atoms with Crippen LogP contribution in [-0.2, 0) is 14.3 Å². The molecular formula is C20H15ClN2O3S2. The van der Waals surface area contributed by atoms with Gasteiger partial charge >= 0.3 is 5.97 Å². The van der Waals surface area contributed by atoms with Crippen molar-refractivity contribution in [3.8, 4) is 0 Å². The largest absolute Gasteiger partial charge is 0.452 e. The quantitative estimate of drug-likeness (QED) is 0.415. The number of ether oxygens (including phenoxy) is 1. The summed E-state index contributed by atoms with van der Waals surface area (Å²) < 4.78 is 4.96. The van der Waals surface area contributed by atoms with Gasteiger partial charge < -0.3 is 10.1 Å². The van der Waals surface area contributed by atoms with Crippen LogP contribution in [0.5, 0.6) is 0 Å². The molecule has 2 aromatic carbocycles. The van der Waals surface area contributed by atoms with E-state index in [0.717, 1.165) is 9.79 Å². The molecule has 1 aromatic heterocycles. The van der Waals surface area contributed by atoms with Crippen molar-refractivity contribution in [3.05, 3.63) is 76.2 Å². The average Bonchev–Trinajstić information content (AvgIpc) is 3.22. The third kappa shape index (κ3) is 6.23. The van der Waals surface area contributed by atoms with Gasteiger partial charge in [-0.1, -0.05) is 35.5 Å². The van der Waals surface area contributed by atoms with Crippen LogP contribution in [0.3, 0.4) is 0 Å². The number of halogens is 1. The Labute approximate surface area is 175 Å². The Bertz CT molecular complexity index is 973. The van der Waals surface area contributed by atoms with Crippen LogP contribution >= 0.6 is 34.7 Å². The lowest BCUT2D eigenvalue weighted by molar-refractivity contribution is -0.142. The van der Waals surface area contributed by atoms with Crippen LogP contribution in [0.2, 0.25) is 5.02 Å². The molecule has 0 atom stereocenters. The molecule has 5 nitrogen and oxygen atoms in total. The van der Waals surface area contributed by atoms with Crippen molar-refractivity contribution in [2.75, 3.05) is 11.9 Å². The van der Waals surface area contributed by atoms with E-state index < -0.39 is 11.9 Å². The van der Waals surface area contributed by atoms with E-state index in [9.17, 15) is 9.59 Å². The number of rotatable bonds is 7. The Kier molecular flexibility index (Phi) is 7.25. The molecule has 0 bridgehead atoms.